The lowest BCUT2D eigenvalue weighted by Gasteiger charge is -1.90. The van der Waals surface area contributed by atoms with Crippen molar-refractivity contribution in [2.75, 3.05) is 0 Å². The van der Waals surface area contributed by atoms with Crippen LogP contribution in [0, 0.1) is 0 Å². The van der Waals surface area contributed by atoms with Gasteiger partial charge in [0.05, 0.1) is 0 Å². The van der Waals surface area contributed by atoms with Crippen molar-refractivity contribution in [3.8, 4) is 0 Å². The largest absolute Gasteiger partial charge is 0.478 e. The lowest BCUT2D eigenvalue weighted by Crippen LogP contribution is -1.99. The van der Waals surface area contributed by atoms with Crippen LogP contribution >= 0.6 is 0 Å². The van der Waals surface area contributed by atoms with E-state index in [9.17, 15) is 19.2 Å². The fourth-order valence-electron chi connectivity index (χ4n) is 0.285. The van der Waals surface area contributed by atoms with Gasteiger partial charge in [-0.05, 0) is 6.42 Å². The molecule has 0 atom stereocenters. The summed E-state index contributed by atoms with van der Waals surface area (Å²) in [6.45, 7) is 1.70. The molecule has 0 amide bonds. The molecule has 0 fully saturated rings. The molecule has 21 heavy (non-hydrogen) atoms. The first-order chi connectivity index (χ1) is 9.52. The molecule has 0 bridgehead atoms. The summed E-state index contributed by atoms with van der Waals surface area (Å²) >= 11 is 0. The van der Waals surface area contributed by atoms with E-state index in [0.29, 0.717) is 30.7 Å². The summed E-state index contributed by atoms with van der Waals surface area (Å²) in [6.07, 6.45) is 1.53. The van der Waals surface area contributed by atoms with E-state index in [1.54, 1.807) is 6.92 Å². The van der Waals surface area contributed by atoms with Crippen molar-refractivity contribution in [2.45, 2.75) is 19.6 Å². The number of aliphatic hydroxyl groups excluding tert-OH is 1. The van der Waals surface area contributed by atoms with Crippen LogP contribution in [0.1, 0.15) is 13.3 Å². The fourth-order valence-corrected chi connectivity index (χ4v) is 0.285. The number of carboxylic acids is 4. The predicted molar refractivity (Wildman–Crippen MR) is 67.3 cm³/mol. The van der Waals surface area contributed by atoms with Gasteiger partial charge in [-0.2, -0.15) is 0 Å². The van der Waals surface area contributed by atoms with Crippen molar-refractivity contribution in [3.05, 3.63) is 24.3 Å². The molecule has 0 radical (unpaired) electrons. The molecule has 0 aromatic heterocycles. The number of hydrogen-bond acceptors (Lipinski definition) is 6. The number of aliphatic carboxylic acids is 4. The molecule has 0 aromatic rings. The minimum Gasteiger partial charge on any atom is -0.478 e. The molecular formula is C11H16O10. The van der Waals surface area contributed by atoms with E-state index in [4.69, 9.17) is 30.6 Å². The van der Waals surface area contributed by atoms with Crippen molar-refractivity contribution in [1.29, 1.82) is 0 Å². The Morgan fingerprint density at radius 1 is 0.714 bits per heavy atom. The van der Waals surface area contributed by atoms with Crippen LogP contribution < -0.4 is 0 Å². The number of hydrogen-bond donors (Lipinski definition) is 6. The Morgan fingerprint density at radius 3 is 0.905 bits per heavy atom. The molecule has 0 aromatic carbocycles. The van der Waals surface area contributed by atoms with Gasteiger partial charge in [-0.25, -0.2) is 19.2 Å². The molecule has 0 unspecified atom stereocenters. The lowest BCUT2D eigenvalue weighted by molar-refractivity contribution is -0.134. The normalized spacial score (nSPS) is 9.52. The molecule has 10 heteroatoms. The van der Waals surface area contributed by atoms with Crippen molar-refractivity contribution < 1.29 is 49.8 Å². The molecule has 0 aliphatic rings. The third kappa shape index (κ3) is 46.8. The van der Waals surface area contributed by atoms with Gasteiger partial charge in [0.1, 0.15) is 0 Å². The molecule has 0 aliphatic heterocycles. The highest BCUT2D eigenvalue weighted by atomic mass is 16.5. The summed E-state index contributed by atoms with van der Waals surface area (Å²) in [5.41, 5.74) is 0. The number of carbonyl (C=O) groups is 4. The van der Waals surface area contributed by atoms with E-state index in [0.717, 1.165) is 0 Å². The van der Waals surface area contributed by atoms with E-state index >= 15 is 0 Å². The van der Waals surface area contributed by atoms with Crippen LogP contribution in [0.5, 0.6) is 0 Å². The van der Waals surface area contributed by atoms with Gasteiger partial charge < -0.3 is 30.6 Å². The average Bonchev–Trinajstić information content (AvgIpc) is 2.35. The first-order valence-electron chi connectivity index (χ1n) is 5.16. The van der Waals surface area contributed by atoms with Crippen LogP contribution in [0.4, 0.5) is 0 Å². The Hall–Kier alpha value is -2.72. The van der Waals surface area contributed by atoms with E-state index in [2.05, 4.69) is 0 Å². The van der Waals surface area contributed by atoms with Gasteiger partial charge in [-0.15, -0.1) is 0 Å². The zero-order valence-corrected chi connectivity index (χ0v) is 10.9. The molecule has 0 saturated heterocycles. The Morgan fingerprint density at radius 2 is 0.857 bits per heavy atom. The van der Waals surface area contributed by atoms with Crippen LogP contribution in [-0.4, -0.2) is 60.8 Å². The summed E-state index contributed by atoms with van der Waals surface area (Å²) in [5, 5.41) is 47.1. The highest BCUT2D eigenvalue weighted by molar-refractivity contribution is 5.90. The molecule has 6 N–H and O–H groups in total. The second kappa shape index (κ2) is 15.3. The van der Waals surface area contributed by atoms with Crippen LogP contribution in [0.15, 0.2) is 24.3 Å². The van der Waals surface area contributed by atoms with E-state index in [1.807, 2.05) is 0 Å². The molecule has 10 nitrogen and oxygen atoms in total. The van der Waals surface area contributed by atoms with Crippen molar-refractivity contribution >= 4 is 23.9 Å². The predicted octanol–water partition coefficient (Wildman–Crippen LogP) is -0.869. The maximum Gasteiger partial charge on any atom is 0.328 e. The maximum atomic E-state index is 9.55. The van der Waals surface area contributed by atoms with Crippen LogP contribution in [0.25, 0.3) is 0 Å². The van der Waals surface area contributed by atoms with Gasteiger partial charge in [-0.3, -0.25) is 0 Å². The van der Waals surface area contributed by atoms with Crippen LogP contribution in [0.3, 0.4) is 0 Å². The topological polar surface area (TPSA) is 190 Å². The Kier molecular flexibility index (Phi) is 17.1. The smallest absolute Gasteiger partial charge is 0.328 e. The van der Waals surface area contributed by atoms with Crippen molar-refractivity contribution in [1.82, 2.24) is 0 Å². The summed E-state index contributed by atoms with van der Waals surface area (Å²) in [7, 11) is 0. The van der Waals surface area contributed by atoms with Gasteiger partial charge in [0.2, 0.25) is 0 Å². The SMILES string of the molecule is CCC(O)O.O=C(O)/C=C\C(=O)O.O=C(O)/C=C\C(=O)O. The number of carboxylic acid groups (broad SMARTS) is 4. The highest BCUT2D eigenvalue weighted by Gasteiger charge is 1.88. The molecule has 0 heterocycles. The van der Waals surface area contributed by atoms with Gasteiger partial charge >= 0.3 is 23.9 Å². The first kappa shape index (κ1) is 23.4. The van der Waals surface area contributed by atoms with Crippen LogP contribution in [0.2, 0.25) is 0 Å². The van der Waals surface area contributed by atoms with E-state index in [-0.39, 0.29) is 0 Å². The Balaban J connectivity index is -0.000000239. The monoisotopic (exact) mass is 308 g/mol. The Bertz CT molecular complexity index is 328. The lowest BCUT2D eigenvalue weighted by atomic mass is 10.5. The number of rotatable bonds is 5. The van der Waals surface area contributed by atoms with Crippen molar-refractivity contribution in [3.63, 3.8) is 0 Å². The zero-order chi connectivity index (χ0) is 17.4. The zero-order valence-electron chi connectivity index (χ0n) is 10.9. The molecule has 0 saturated carbocycles. The summed E-state index contributed by atoms with van der Waals surface area (Å²) in [5.74, 6) is -5.03. The minimum atomic E-state index is -1.26. The number of aliphatic hydroxyl groups is 2. The molecular weight excluding hydrogens is 292 g/mol. The molecule has 0 spiro atoms. The van der Waals surface area contributed by atoms with Gasteiger partial charge in [0.15, 0.2) is 6.29 Å². The van der Waals surface area contributed by atoms with Crippen molar-refractivity contribution in [2.24, 2.45) is 0 Å². The summed E-state index contributed by atoms with van der Waals surface area (Å²) < 4.78 is 0. The summed E-state index contributed by atoms with van der Waals surface area (Å²) in [6, 6.07) is 0. The van der Waals surface area contributed by atoms with Crippen LogP contribution in [-0.2, 0) is 19.2 Å². The Labute approximate surface area is 118 Å². The van der Waals surface area contributed by atoms with E-state index in [1.165, 1.54) is 0 Å². The van der Waals surface area contributed by atoms with Gasteiger partial charge in [0.25, 0.3) is 0 Å². The second-order valence-corrected chi connectivity index (χ2v) is 2.91. The van der Waals surface area contributed by atoms with Gasteiger partial charge in [-0.1, -0.05) is 6.92 Å². The van der Waals surface area contributed by atoms with E-state index < -0.39 is 30.2 Å². The standard InChI is InChI=1S/2C4H4O4.C3H8O2/c2*5-3(6)1-2-4(7)8;1-2-3(4)5/h2*1-2H,(H,5,6)(H,7,8);3-5H,2H2,1H3/b2*2-1-;. The highest BCUT2D eigenvalue weighted by Crippen LogP contribution is 1.77. The van der Waals surface area contributed by atoms with Gasteiger partial charge in [0, 0.05) is 24.3 Å². The minimum absolute atomic E-state index is 0.417. The third-order valence-electron chi connectivity index (χ3n) is 1.10. The third-order valence-corrected chi connectivity index (χ3v) is 1.10. The average molecular weight is 308 g/mol. The second-order valence-electron chi connectivity index (χ2n) is 2.91. The summed E-state index contributed by atoms with van der Waals surface area (Å²) in [4.78, 5) is 38.2. The fraction of sp³-hybridized carbons (Fsp3) is 0.273. The first-order valence-corrected chi connectivity index (χ1v) is 5.16. The quantitative estimate of drug-likeness (QED) is 0.275. The molecule has 0 rings (SSSR count). The maximum absolute atomic E-state index is 9.55. The molecule has 120 valence electrons. The molecule has 0 aliphatic carbocycles.